The molecule has 24 heavy (non-hydrogen) atoms. The van der Waals surface area contributed by atoms with Gasteiger partial charge in [-0.2, -0.15) is 0 Å². The van der Waals surface area contributed by atoms with Crippen molar-refractivity contribution in [1.82, 2.24) is 4.90 Å². The van der Waals surface area contributed by atoms with Crippen molar-refractivity contribution >= 4 is 45.6 Å². The van der Waals surface area contributed by atoms with Gasteiger partial charge in [-0.1, -0.05) is 42.7 Å². The summed E-state index contributed by atoms with van der Waals surface area (Å²) >= 11 is 6.54. The summed E-state index contributed by atoms with van der Waals surface area (Å²) in [5.41, 5.74) is 0.659. The summed E-state index contributed by atoms with van der Waals surface area (Å²) in [5, 5.41) is 0. The molecule has 7 heteroatoms. The van der Waals surface area contributed by atoms with Gasteiger partial charge in [0.1, 0.15) is 10.1 Å². The zero-order valence-corrected chi connectivity index (χ0v) is 15.0. The first-order chi connectivity index (χ1) is 11.5. The summed E-state index contributed by atoms with van der Waals surface area (Å²) in [7, 11) is 2.97. The van der Waals surface area contributed by atoms with Gasteiger partial charge in [0.25, 0.3) is 5.91 Å². The Morgan fingerprint density at radius 3 is 2.71 bits per heavy atom. The minimum absolute atomic E-state index is 0.147. The molecule has 1 heterocycles. The Labute approximate surface area is 150 Å². The van der Waals surface area contributed by atoms with E-state index in [4.69, 9.17) is 21.7 Å². The van der Waals surface area contributed by atoms with Crippen LogP contribution in [0.2, 0.25) is 0 Å². The van der Waals surface area contributed by atoms with E-state index >= 15 is 0 Å². The van der Waals surface area contributed by atoms with E-state index in [2.05, 4.69) is 6.58 Å². The molecule has 1 aromatic rings. The Balaban J connectivity index is 2.29. The lowest BCUT2D eigenvalue weighted by molar-refractivity contribution is -0.125. The SMILES string of the molecule is C=C(C(=O)/C(=C/OC)c1cccc(OC)c1)C(=O)N1CCSC1=S. The van der Waals surface area contributed by atoms with Gasteiger partial charge in [0.05, 0.1) is 31.6 Å². The summed E-state index contributed by atoms with van der Waals surface area (Å²) in [6.45, 7) is 4.15. The topological polar surface area (TPSA) is 55.8 Å². The molecular weight excluding hydrogens is 346 g/mol. The lowest BCUT2D eigenvalue weighted by Gasteiger charge is -2.16. The van der Waals surface area contributed by atoms with Gasteiger partial charge in [0.15, 0.2) is 0 Å². The van der Waals surface area contributed by atoms with Gasteiger partial charge >= 0.3 is 0 Å². The Hall–Kier alpha value is -2.12. The third-order valence-electron chi connectivity index (χ3n) is 3.40. The number of carbonyl (C=O) groups excluding carboxylic acids is 2. The molecule has 1 amide bonds. The lowest BCUT2D eigenvalue weighted by atomic mass is 9.97. The fourth-order valence-corrected chi connectivity index (χ4v) is 3.36. The molecule has 0 radical (unpaired) electrons. The molecule has 2 rings (SSSR count). The van der Waals surface area contributed by atoms with Crippen LogP contribution in [0, 0.1) is 0 Å². The molecule has 5 nitrogen and oxygen atoms in total. The summed E-state index contributed by atoms with van der Waals surface area (Å²) in [4.78, 5) is 26.6. The van der Waals surface area contributed by atoms with Gasteiger partial charge in [-0.3, -0.25) is 14.5 Å². The number of carbonyl (C=O) groups is 2. The first-order valence-corrected chi connectivity index (χ1v) is 8.48. The first kappa shape index (κ1) is 18.2. The zero-order chi connectivity index (χ0) is 17.7. The van der Waals surface area contributed by atoms with E-state index in [-0.39, 0.29) is 11.1 Å². The normalized spacial score (nSPS) is 14.5. The Morgan fingerprint density at radius 1 is 1.38 bits per heavy atom. The number of benzene rings is 1. The highest BCUT2D eigenvalue weighted by atomic mass is 32.2. The van der Waals surface area contributed by atoms with Gasteiger partial charge in [-0.25, -0.2) is 0 Å². The number of allylic oxidation sites excluding steroid dienone is 1. The van der Waals surface area contributed by atoms with E-state index < -0.39 is 11.7 Å². The van der Waals surface area contributed by atoms with Crippen molar-refractivity contribution in [3.05, 3.63) is 48.2 Å². The number of rotatable bonds is 6. The number of Topliss-reactive ketones (excluding diaryl/α,β-unsaturated/α-hetero) is 1. The Bertz CT molecular complexity index is 727. The van der Waals surface area contributed by atoms with Crippen molar-refractivity contribution in [3.8, 4) is 5.75 Å². The molecule has 1 fully saturated rings. The van der Waals surface area contributed by atoms with Crippen LogP contribution < -0.4 is 4.74 Å². The van der Waals surface area contributed by atoms with Crippen LogP contribution in [0.15, 0.2) is 42.7 Å². The van der Waals surface area contributed by atoms with Crippen LogP contribution in [-0.4, -0.2) is 47.4 Å². The van der Waals surface area contributed by atoms with Crippen molar-refractivity contribution < 1.29 is 19.1 Å². The van der Waals surface area contributed by atoms with Crippen molar-refractivity contribution in [3.63, 3.8) is 0 Å². The molecule has 1 aliphatic heterocycles. The maximum Gasteiger partial charge on any atom is 0.262 e. The second-order valence-corrected chi connectivity index (χ2v) is 6.61. The van der Waals surface area contributed by atoms with E-state index in [1.54, 1.807) is 24.3 Å². The van der Waals surface area contributed by atoms with Gasteiger partial charge in [-0.15, -0.1) is 0 Å². The molecule has 0 saturated carbocycles. The standard InChI is InChI=1S/C17H17NO4S2/c1-11(16(20)18-7-8-24-17(18)23)15(19)14(10-21-2)12-5-4-6-13(9-12)22-3/h4-6,9-10H,1,7-8H2,2-3H3/b14-10+. The van der Waals surface area contributed by atoms with Crippen LogP contribution in [0.4, 0.5) is 0 Å². The molecule has 0 spiro atoms. The van der Waals surface area contributed by atoms with E-state index in [9.17, 15) is 9.59 Å². The number of thioether (sulfide) groups is 1. The summed E-state index contributed by atoms with van der Waals surface area (Å²) in [6.07, 6.45) is 1.30. The predicted molar refractivity (Wildman–Crippen MR) is 98.9 cm³/mol. The average molecular weight is 363 g/mol. The van der Waals surface area contributed by atoms with Crippen LogP contribution in [0.5, 0.6) is 5.75 Å². The van der Waals surface area contributed by atoms with Gasteiger partial charge < -0.3 is 9.47 Å². The Morgan fingerprint density at radius 2 is 2.12 bits per heavy atom. The average Bonchev–Trinajstić information content (AvgIpc) is 3.03. The molecule has 0 unspecified atom stereocenters. The highest BCUT2D eigenvalue weighted by molar-refractivity contribution is 8.23. The maximum atomic E-state index is 12.8. The highest BCUT2D eigenvalue weighted by Gasteiger charge is 2.30. The largest absolute Gasteiger partial charge is 0.504 e. The molecular formula is C17H17NO4S2. The predicted octanol–water partition coefficient (Wildman–Crippen LogP) is 2.67. The number of ketones is 1. The van der Waals surface area contributed by atoms with Crippen molar-refractivity contribution in [2.45, 2.75) is 0 Å². The summed E-state index contributed by atoms with van der Waals surface area (Å²) in [6, 6.07) is 6.94. The van der Waals surface area contributed by atoms with Crippen molar-refractivity contribution in [1.29, 1.82) is 0 Å². The molecule has 0 aromatic heterocycles. The van der Waals surface area contributed by atoms with E-state index in [1.807, 2.05) is 0 Å². The Kier molecular flexibility index (Phi) is 6.16. The first-order valence-electron chi connectivity index (χ1n) is 7.09. The summed E-state index contributed by atoms with van der Waals surface area (Å²) < 4.78 is 10.6. The van der Waals surface area contributed by atoms with Crippen LogP contribution in [0.3, 0.4) is 0 Å². The highest BCUT2D eigenvalue weighted by Crippen LogP contribution is 2.25. The zero-order valence-electron chi connectivity index (χ0n) is 13.4. The number of hydrogen-bond donors (Lipinski definition) is 0. The fraction of sp³-hybridized carbons (Fsp3) is 0.235. The number of hydrogen-bond acceptors (Lipinski definition) is 6. The van der Waals surface area contributed by atoms with Crippen LogP contribution in [0.25, 0.3) is 5.57 Å². The molecule has 1 aromatic carbocycles. The second kappa shape index (κ2) is 8.12. The molecule has 0 atom stereocenters. The number of nitrogens with zero attached hydrogens (tertiary/aromatic N) is 1. The number of amides is 1. The van der Waals surface area contributed by atoms with Gasteiger partial charge in [-0.05, 0) is 17.7 Å². The van der Waals surface area contributed by atoms with Gasteiger partial charge in [0, 0.05) is 12.3 Å². The number of thiocarbonyl (C=S) groups is 1. The van der Waals surface area contributed by atoms with Crippen LogP contribution in [-0.2, 0) is 14.3 Å². The maximum absolute atomic E-state index is 12.8. The quantitative estimate of drug-likeness (QED) is 0.255. The van der Waals surface area contributed by atoms with Crippen LogP contribution in [0.1, 0.15) is 5.56 Å². The number of ether oxygens (including phenoxy) is 2. The van der Waals surface area contributed by atoms with E-state index in [0.717, 1.165) is 5.75 Å². The van der Waals surface area contributed by atoms with Crippen molar-refractivity contribution in [2.75, 3.05) is 26.5 Å². The smallest absolute Gasteiger partial charge is 0.262 e. The molecule has 0 aliphatic carbocycles. The molecule has 0 bridgehead atoms. The summed E-state index contributed by atoms with van der Waals surface area (Å²) in [5.74, 6) is 0.342. The second-order valence-electron chi connectivity index (χ2n) is 4.88. The lowest BCUT2D eigenvalue weighted by Crippen LogP contribution is -2.34. The molecule has 1 aliphatic rings. The molecule has 126 valence electrons. The van der Waals surface area contributed by atoms with Crippen molar-refractivity contribution in [2.24, 2.45) is 0 Å². The number of methoxy groups -OCH3 is 2. The minimum atomic E-state index is -0.505. The minimum Gasteiger partial charge on any atom is -0.504 e. The van der Waals surface area contributed by atoms with Gasteiger partial charge in [0.2, 0.25) is 5.78 Å². The molecule has 1 saturated heterocycles. The third kappa shape index (κ3) is 3.85. The van der Waals surface area contributed by atoms with E-state index in [1.165, 1.54) is 37.1 Å². The fourth-order valence-electron chi connectivity index (χ4n) is 2.16. The van der Waals surface area contributed by atoms with Crippen LogP contribution >= 0.6 is 24.0 Å². The monoisotopic (exact) mass is 363 g/mol. The third-order valence-corrected chi connectivity index (χ3v) is 4.83. The van der Waals surface area contributed by atoms with E-state index in [0.29, 0.717) is 22.2 Å². The molecule has 0 N–H and O–H groups in total.